The van der Waals surface area contributed by atoms with Crippen LogP contribution < -0.4 is 10.5 Å². The lowest BCUT2D eigenvalue weighted by atomic mass is 10.0. The third kappa shape index (κ3) is 4.01. The first-order valence-corrected chi connectivity index (χ1v) is 8.16. The Labute approximate surface area is 133 Å². The Morgan fingerprint density at radius 2 is 1.91 bits per heavy atom. The molecular weight excluding hydrogens is 276 g/mol. The van der Waals surface area contributed by atoms with Crippen LogP contribution in [0.2, 0.25) is 0 Å². The van der Waals surface area contributed by atoms with E-state index < -0.39 is 6.10 Å². The SMILES string of the molecule is Cc1ccc(C)c(OC(C(=O)N2CCC(N)CC2)C(C)C)c1. The molecule has 2 rings (SSSR count). The van der Waals surface area contributed by atoms with E-state index in [0.29, 0.717) is 0 Å². The molecule has 1 unspecified atom stereocenters. The summed E-state index contributed by atoms with van der Waals surface area (Å²) in [5.41, 5.74) is 8.12. The minimum Gasteiger partial charge on any atom is -0.480 e. The van der Waals surface area contributed by atoms with Crippen molar-refractivity contribution in [3.63, 3.8) is 0 Å². The number of rotatable bonds is 4. The molecule has 1 fully saturated rings. The molecule has 0 spiro atoms. The van der Waals surface area contributed by atoms with Gasteiger partial charge in [0.2, 0.25) is 0 Å². The van der Waals surface area contributed by atoms with Crippen LogP contribution in [-0.4, -0.2) is 36.0 Å². The predicted octanol–water partition coefficient (Wildman–Crippen LogP) is 2.66. The van der Waals surface area contributed by atoms with E-state index >= 15 is 0 Å². The Morgan fingerprint density at radius 1 is 1.27 bits per heavy atom. The first kappa shape index (κ1) is 16.8. The molecule has 1 saturated heterocycles. The van der Waals surface area contributed by atoms with Crippen LogP contribution in [0, 0.1) is 19.8 Å². The molecular formula is C18H28N2O2. The number of nitrogens with zero attached hydrogens (tertiary/aromatic N) is 1. The van der Waals surface area contributed by atoms with Gasteiger partial charge in [0.15, 0.2) is 6.10 Å². The molecule has 22 heavy (non-hydrogen) atoms. The number of carbonyl (C=O) groups is 1. The molecule has 0 radical (unpaired) electrons. The highest BCUT2D eigenvalue weighted by atomic mass is 16.5. The van der Waals surface area contributed by atoms with Crippen LogP contribution >= 0.6 is 0 Å². The van der Waals surface area contributed by atoms with E-state index in [1.165, 1.54) is 0 Å². The van der Waals surface area contributed by atoms with E-state index in [1.807, 2.05) is 44.7 Å². The summed E-state index contributed by atoms with van der Waals surface area (Å²) in [6.45, 7) is 9.58. The Hall–Kier alpha value is -1.55. The van der Waals surface area contributed by atoms with Gasteiger partial charge < -0.3 is 15.4 Å². The summed E-state index contributed by atoms with van der Waals surface area (Å²) in [4.78, 5) is 14.7. The van der Waals surface area contributed by atoms with Crippen molar-refractivity contribution >= 4 is 5.91 Å². The van der Waals surface area contributed by atoms with Gasteiger partial charge in [0, 0.05) is 19.1 Å². The van der Waals surface area contributed by atoms with Crippen molar-refractivity contribution in [2.24, 2.45) is 11.7 Å². The van der Waals surface area contributed by atoms with Crippen molar-refractivity contribution in [2.45, 2.75) is 52.7 Å². The summed E-state index contributed by atoms with van der Waals surface area (Å²) in [5.74, 6) is 1.02. The molecule has 2 N–H and O–H groups in total. The number of amides is 1. The molecule has 4 nitrogen and oxygen atoms in total. The maximum atomic E-state index is 12.8. The van der Waals surface area contributed by atoms with E-state index in [4.69, 9.17) is 10.5 Å². The molecule has 0 saturated carbocycles. The second-order valence-corrected chi connectivity index (χ2v) is 6.71. The van der Waals surface area contributed by atoms with Gasteiger partial charge in [-0.1, -0.05) is 26.0 Å². The van der Waals surface area contributed by atoms with Crippen LogP contribution in [0.4, 0.5) is 0 Å². The topological polar surface area (TPSA) is 55.6 Å². The molecule has 0 bridgehead atoms. The molecule has 4 heteroatoms. The quantitative estimate of drug-likeness (QED) is 0.930. The molecule has 1 aliphatic rings. The average Bonchev–Trinajstić information content (AvgIpc) is 2.48. The molecule has 122 valence electrons. The van der Waals surface area contributed by atoms with Gasteiger partial charge in [-0.05, 0) is 49.8 Å². The van der Waals surface area contributed by atoms with Crippen LogP contribution in [0.15, 0.2) is 18.2 Å². The second kappa shape index (κ2) is 7.14. The van der Waals surface area contributed by atoms with E-state index in [-0.39, 0.29) is 17.9 Å². The van der Waals surface area contributed by atoms with Crippen molar-refractivity contribution in [2.75, 3.05) is 13.1 Å². The number of likely N-dealkylation sites (tertiary alicyclic amines) is 1. The number of piperidine rings is 1. The van der Waals surface area contributed by atoms with Gasteiger partial charge >= 0.3 is 0 Å². The monoisotopic (exact) mass is 304 g/mol. The van der Waals surface area contributed by atoms with E-state index in [2.05, 4.69) is 6.07 Å². The molecule has 1 aromatic carbocycles. The van der Waals surface area contributed by atoms with Gasteiger partial charge in [0.1, 0.15) is 5.75 Å². The zero-order valence-corrected chi connectivity index (χ0v) is 14.1. The van der Waals surface area contributed by atoms with Crippen molar-refractivity contribution in [3.05, 3.63) is 29.3 Å². The van der Waals surface area contributed by atoms with Crippen LogP contribution in [0.5, 0.6) is 5.75 Å². The molecule has 1 aliphatic heterocycles. The van der Waals surface area contributed by atoms with Crippen molar-refractivity contribution in [3.8, 4) is 5.75 Å². The Morgan fingerprint density at radius 3 is 2.50 bits per heavy atom. The molecule has 1 heterocycles. The van der Waals surface area contributed by atoms with E-state index in [1.54, 1.807) is 0 Å². The maximum absolute atomic E-state index is 12.8. The van der Waals surface area contributed by atoms with Crippen LogP contribution in [0.3, 0.4) is 0 Å². The first-order chi connectivity index (χ1) is 10.4. The molecule has 0 aromatic heterocycles. The van der Waals surface area contributed by atoms with Crippen LogP contribution in [0.1, 0.15) is 37.8 Å². The molecule has 0 aliphatic carbocycles. The largest absolute Gasteiger partial charge is 0.480 e. The summed E-state index contributed by atoms with van der Waals surface area (Å²) < 4.78 is 6.11. The minimum atomic E-state index is -0.435. The fraction of sp³-hybridized carbons (Fsp3) is 0.611. The first-order valence-electron chi connectivity index (χ1n) is 8.16. The third-order valence-corrected chi connectivity index (χ3v) is 4.30. The fourth-order valence-corrected chi connectivity index (χ4v) is 2.74. The number of nitrogens with two attached hydrogens (primary N) is 1. The fourth-order valence-electron chi connectivity index (χ4n) is 2.74. The molecule has 1 aromatic rings. The Bertz CT molecular complexity index is 520. The molecule has 1 amide bonds. The van der Waals surface area contributed by atoms with Crippen molar-refractivity contribution in [1.29, 1.82) is 0 Å². The lowest BCUT2D eigenvalue weighted by Crippen LogP contribution is -2.49. The number of hydrogen-bond acceptors (Lipinski definition) is 3. The van der Waals surface area contributed by atoms with Gasteiger partial charge in [-0.2, -0.15) is 0 Å². The molecule has 1 atom stereocenters. The van der Waals surface area contributed by atoms with Crippen molar-refractivity contribution < 1.29 is 9.53 Å². The van der Waals surface area contributed by atoms with Gasteiger partial charge in [0.05, 0.1) is 0 Å². The summed E-state index contributed by atoms with van der Waals surface area (Å²) in [7, 11) is 0. The summed E-state index contributed by atoms with van der Waals surface area (Å²) in [6, 6.07) is 6.32. The van der Waals surface area contributed by atoms with Gasteiger partial charge in [-0.3, -0.25) is 4.79 Å². The average molecular weight is 304 g/mol. The third-order valence-electron chi connectivity index (χ3n) is 4.30. The highest BCUT2D eigenvalue weighted by Crippen LogP contribution is 2.24. The summed E-state index contributed by atoms with van der Waals surface area (Å²) >= 11 is 0. The number of carbonyl (C=O) groups excluding carboxylic acids is 1. The van der Waals surface area contributed by atoms with Crippen LogP contribution in [0.25, 0.3) is 0 Å². The highest BCUT2D eigenvalue weighted by molar-refractivity contribution is 5.81. The predicted molar refractivity (Wildman–Crippen MR) is 89.0 cm³/mol. The number of aryl methyl sites for hydroxylation is 2. The van der Waals surface area contributed by atoms with E-state index in [9.17, 15) is 4.79 Å². The number of benzene rings is 1. The lowest BCUT2D eigenvalue weighted by Gasteiger charge is -2.34. The van der Waals surface area contributed by atoms with Gasteiger partial charge in [-0.25, -0.2) is 0 Å². The number of hydrogen-bond donors (Lipinski definition) is 1. The normalized spacial score (nSPS) is 17.6. The maximum Gasteiger partial charge on any atom is 0.263 e. The Balaban J connectivity index is 2.12. The minimum absolute atomic E-state index is 0.0859. The summed E-state index contributed by atoms with van der Waals surface area (Å²) in [6.07, 6.45) is 1.31. The zero-order chi connectivity index (χ0) is 16.3. The zero-order valence-electron chi connectivity index (χ0n) is 14.1. The summed E-state index contributed by atoms with van der Waals surface area (Å²) in [5, 5.41) is 0. The van der Waals surface area contributed by atoms with Gasteiger partial charge in [0.25, 0.3) is 5.91 Å². The van der Waals surface area contributed by atoms with Crippen molar-refractivity contribution in [1.82, 2.24) is 4.90 Å². The standard InChI is InChI=1S/C18H28N2O2/c1-12(2)17(18(21)20-9-7-15(19)8-10-20)22-16-11-13(3)5-6-14(16)4/h5-6,11-12,15,17H,7-10,19H2,1-4H3. The number of ether oxygens (including phenoxy) is 1. The van der Waals surface area contributed by atoms with Crippen LogP contribution in [-0.2, 0) is 4.79 Å². The Kier molecular flexibility index (Phi) is 5.46. The smallest absolute Gasteiger partial charge is 0.263 e. The van der Waals surface area contributed by atoms with Gasteiger partial charge in [-0.15, -0.1) is 0 Å². The lowest BCUT2D eigenvalue weighted by molar-refractivity contribution is -0.141. The highest BCUT2D eigenvalue weighted by Gasteiger charge is 2.31. The second-order valence-electron chi connectivity index (χ2n) is 6.71. The van der Waals surface area contributed by atoms with E-state index in [0.717, 1.165) is 42.8 Å².